The third-order valence-corrected chi connectivity index (χ3v) is 4.31. The fourth-order valence-electron chi connectivity index (χ4n) is 2.81. The molecule has 128 valence electrons. The van der Waals surface area contributed by atoms with Crippen molar-refractivity contribution in [2.75, 3.05) is 26.3 Å². The number of hydrogen-bond acceptors (Lipinski definition) is 4. The number of aliphatic hydroxyl groups is 1. The summed E-state index contributed by atoms with van der Waals surface area (Å²) >= 11 is 5.83. The van der Waals surface area contributed by atoms with Gasteiger partial charge in [0.25, 0.3) is 0 Å². The second kappa shape index (κ2) is 8.49. The predicted octanol–water partition coefficient (Wildman–Crippen LogP) is 2.98. The highest BCUT2D eigenvalue weighted by molar-refractivity contribution is 6.30. The normalized spacial score (nSPS) is 18.0. The van der Waals surface area contributed by atoms with E-state index in [0.29, 0.717) is 23.9 Å². The molecular weight excluding hydrogens is 326 g/mol. The molecule has 0 aromatic heterocycles. The van der Waals surface area contributed by atoms with Gasteiger partial charge < -0.3 is 19.9 Å². The first-order valence-electron chi connectivity index (χ1n) is 8.19. The molecular formula is C19H22ClNO3. The highest BCUT2D eigenvalue weighted by atomic mass is 35.5. The van der Waals surface area contributed by atoms with Crippen LogP contribution in [0.25, 0.3) is 0 Å². The van der Waals surface area contributed by atoms with Gasteiger partial charge in [-0.1, -0.05) is 35.9 Å². The lowest BCUT2D eigenvalue weighted by Gasteiger charge is -2.26. The molecule has 24 heavy (non-hydrogen) atoms. The second-order valence-electron chi connectivity index (χ2n) is 5.89. The standard InChI is InChI=1S/C19H22ClNO3/c20-15-5-7-17(8-6-15)24-13-16(22)11-21-12-19-18-4-2-1-3-14(18)9-10-23-19/h1-8,16,19,21-22H,9-13H2. The summed E-state index contributed by atoms with van der Waals surface area (Å²) in [6.07, 6.45) is 0.420. The minimum absolute atomic E-state index is 0.0410. The molecule has 0 saturated carbocycles. The Labute approximate surface area is 147 Å². The van der Waals surface area contributed by atoms with Crippen LogP contribution in [0.5, 0.6) is 5.75 Å². The van der Waals surface area contributed by atoms with Gasteiger partial charge in [0, 0.05) is 18.1 Å². The van der Waals surface area contributed by atoms with E-state index in [1.807, 2.05) is 6.07 Å². The molecule has 3 rings (SSSR count). The van der Waals surface area contributed by atoms with Gasteiger partial charge in [0.05, 0.1) is 12.7 Å². The lowest BCUT2D eigenvalue weighted by molar-refractivity contribution is 0.0380. The molecule has 0 radical (unpaired) electrons. The van der Waals surface area contributed by atoms with Crippen molar-refractivity contribution in [1.82, 2.24) is 5.32 Å². The van der Waals surface area contributed by atoms with Crippen molar-refractivity contribution in [2.24, 2.45) is 0 Å². The SMILES string of the molecule is OC(CNCC1OCCc2ccccc21)COc1ccc(Cl)cc1. The summed E-state index contributed by atoms with van der Waals surface area (Å²) in [5, 5.41) is 14.0. The smallest absolute Gasteiger partial charge is 0.119 e. The first-order valence-corrected chi connectivity index (χ1v) is 8.57. The van der Waals surface area contributed by atoms with Crippen molar-refractivity contribution in [3.8, 4) is 5.75 Å². The Morgan fingerprint density at radius 3 is 2.83 bits per heavy atom. The number of fused-ring (bicyclic) bond motifs is 1. The molecule has 0 fully saturated rings. The molecule has 0 amide bonds. The fraction of sp³-hybridized carbons (Fsp3) is 0.368. The number of benzene rings is 2. The summed E-state index contributed by atoms with van der Waals surface area (Å²) in [5.41, 5.74) is 2.59. The second-order valence-corrected chi connectivity index (χ2v) is 6.32. The van der Waals surface area contributed by atoms with Crippen LogP contribution < -0.4 is 10.1 Å². The van der Waals surface area contributed by atoms with Crippen molar-refractivity contribution >= 4 is 11.6 Å². The van der Waals surface area contributed by atoms with E-state index in [-0.39, 0.29) is 12.7 Å². The topological polar surface area (TPSA) is 50.7 Å². The Kier molecular flexibility index (Phi) is 6.10. The largest absolute Gasteiger partial charge is 0.491 e. The molecule has 1 aliphatic heterocycles. The van der Waals surface area contributed by atoms with E-state index >= 15 is 0 Å². The lowest BCUT2D eigenvalue weighted by Crippen LogP contribution is -2.35. The average molecular weight is 348 g/mol. The minimum Gasteiger partial charge on any atom is -0.491 e. The summed E-state index contributed by atoms with van der Waals surface area (Å²) in [5.74, 6) is 0.697. The monoisotopic (exact) mass is 347 g/mol. The highest BCUT2D eigenvalue weighted by Gasteiger charge is 2.20. The van der Waals surface area contributed by atoms with Gasteiger partial charge in [-0.05, 0) is 41.8 Å². The number of aliphatic hydroxyl groups excluding tert-OH is 1. The van der Waals surface area contributed by atoms with Crippen LogP contribution in [0.2, 0.25) is 5.02 Å². The third kappa shape index (κ3) is 4.71. The summed E-state index contributed by atoms with van der Waals surface area (Å²) in [4.78, 5) is 0. The van der Waals surface area contributed by atoms with Crippen LogP contribution in [-0.2, 0) is 11.2 Å². The summed E-state index contributed by atoms with van der Waals surface area (Å²) in [6, 6.07) is 15.5. The Bertz CT molecular complexity index is 647. The maximum absolute atomic E-state index is 10.0. The van der Waals surface area contributed by atoms with Gasteiger partial charge in [0.2, 0.25) is 0 Å². The fourth-order valence-corrected chi connectivity index (χ4v) is 2.93. The number of nitrogens with one attached hydrogen (secondary N) is 1. The maximum Gasteiger partial charge on any atom is 0.119 e. The van der Waals surface area contributed by atoms with Gasteiger partial charge in [0.15, 0.2) is 0 Å². The van der Waals surface area contributed by atoms with Gasteiger partial charge >= 0.3 is 0 Å². The van der Waals surface area contributed by atoms with Crippen LogP contribution in [0, 0.1) is 0 Å². The minimum atomic E-state index is -0.584. The van der Waals surface area contributed by atoms with Gasteiger partial charge in [-0.15, -0.1) is 0 Å². The van der Waals surface area contributed by atoms with Gasteiger partial charge in [0.1, 0.15) is 18.5 Å². The van der Waals surface area contributed by atoms with Crippen LogP contribution in [-0.4, -0.2) is 37.5 Å². The molecule has 1 heterocycles. The number of rotatable bonds is 7. The molecule has 4 nitrogen and oxygen atoms in total. The molecule has 2 N–H and O–H groups in total. The van der Waals surface area contributed by atoms with Crippen molar-refractivity contribution in [3.63, 3.8) is 0 Å². The van der Waals surface area contributed by atoms with Gasteiger partial charge in [-0.25, -0.2) is 0 Å². The van der Waals surface area contributed by atoms with E-state index in [1.54, 1.807) is 24.3 Å². The van der Waals surface area contributed by atoms with E-state index in [1.165, 1.54) is 11.1 Å². The van der Waals surface area contributed by atoms with Crippen LogP contribution >= 0.6 is 11.6 Å². The Morgan fingerprint density at radius 1 is 1.21 bits per heavy atom. The molecule has 5 heteroatoms. The van der Waals surface area contributed by atoms with Crippen LogP contribution in [0.15, 0.2) is 48.5 Å². The lowest BCUT2D eigenvalue weighted by atomic mass is 9.97. The first-order chi connectivity index (χ1) is 11.7. The van der Waals surface area contributed by atoms with E-state index in [2.05, 4.69) is 23.5 Å². The van der Waals surface area contributed by atoms with E-state index < -0.39 is 6.10 Å². The number of halogens is 1. The molecule has 0 spiro atoms. The molecule has 2 atom stereocenters. The Morgan fingerprint density at radius 2 is 2.00 bits per heavy atom. The zero-order chi connectivity index (χ0) is 16.8. The van der Waals surface area contributed by atoms with Gasteiger partial charge in [-0.3, -0.25) is 0 Å². The average Bonchev–Trinajstić information content (AvgIpc) is 2.61. The number of ether oxygens (including phenoxy) is 2. The maximum atomic E-state index is 10.0. The van der Waals surface area contributed by atoms with E-state index in [9.17, 15) is 5.11 Å². The number of hydrogen-bond donors (Lipinski definition) is 2. The third-order valence-electron chi connectivity index (χ3n) is 4.06. The van der Waals surface area contributed by atoms with Crippen molar-refractivity contribution < 1.29 is 14.6 Å². The zero-order valence-electron chi connectivity index (χ0n) is 13.5. The Balaban J connectivity index is 1.41. The van der Waals surface area contributed by atoms with Crippen molar-refractivity contribution in [1.29, 1.82) is 0 Å². The summed E-state index contributed by atoms with van der Waals surface area (Å²) < 4.78 is 11.4. The van der Waals surface area contributed by atoms with Crippen LogP contribution in [0.4, 0.5) is 0 Å². The van der Waals surface area contributed by atoms with E-state index in [0.717, 1.165) is 13.0 Å². The molecule has 2 aromatic rings. The molecule has 0 saturated heterocycles. The van der Waals surface area contributed by atoms with Gasteiger partial charge in [-0.2, -0.15) is 0 Å². The zero-order valence-corrected chi connectivity index (χ0v) is 14.2. The van der Waals surface area contributed by atoms with Crippen LogP contribution in [0.3, 0.4) is 0 Å². The molecule has 1 aliphatic rings. The highest BCUT2D eigenvalue weighted by Crippen LogP contribution is 2.26. The molecule has 2 aromatic carbocycles. The predicted molar refractivity (Wildman–Crippen MR) is 94.7 cm³/mol. The molecule has 0 aliphatic carbocycles. The summed E-state index contributed by atoms with van der Waals surface area (Å²) in [6.45, 7) is 2.10. The van der Waals surface area contributed by atoms with E-state index in [4.69, 9.17) is 21.1 Å². The van der Waals surface area contributed by atoms with Crippen molar-refractivity contribution in [2.45, 2.75) is 18.6 Å². The summed E-state index contributed by atoms with van der Waals surface area (Å²) in [7, 11) is 0. The van der Waals surface area contributed by atoms with Crippen molar-refractivity contribution in [3.05, 3.63) is 64.7 Å². The van der Waals surface area contributed by atoms with Crippen LogP contribution in [0.1, 0.15) is 17.2 Å². The Hall–Kier alpha value is -1.59. The first kappa shape index (κ1) is 17.2. The molecule has 0 bridgehead atoms. The quantitative estimate of drug-likeness (QED) is 0.808. The molecule has 2 unspecified atom stereocenters.